The van der Waals surface area contributed by atoms with E-state index in [-0.39, 0.29) is 23.2 Å². The molecule has 0 bridgehead atoms. The Bertz CT molecular complexity index is 836. The fourth-order valence-electron chi connectivity index (χ4n) is 2.74. The molecule has 0 fully saturated rings. The van der Waals surface area contributed by atoms with Gasteiger partial charge in [0.2, 0.25) is 0 Å². The summed E-state index contributed by atoms with van der Waals surface area (Å²) in [6.45, 7) is 3.78. The first kappa shape index (κ1) is 14.3. The van der Waals surface area contributed by atoms with Gasteiger partial charge in [-0.25, -0.2) is 4.39 Å². The summed E-state index contributed by atoms with van der Waals surface area (Å²) in [4.78, 5) is 4.15. The molecular weight excluding hydrogens is 281 g/mol. The smallest absolute Gasteiger partial charge is 0.123 e. The third kappa shape index (κ3) is 2.37. The minimum atomic E-state index is -0.341. The van der Waals surface area contributed by atoms with Crippen molar-refractivity contribution in [2.24, 2.45) is 0 Å². The molecule has 0 atom stereocenters. The summed E-state index contributed by atoms with van der Waals surface area (Å²) in [5.41, 5.74) is 1.77. The average Bonchev–Trinajstić information content (AvgIpc) is 2.45. The van der Waals surface area contributed by atoms with Crippen LogP contribution in [0.1, 0.15) is 25.3 Å². The largest absolute Gasteiger partial charge is 0.507 e. The Morgan fingerprint density at radius 1 is 1.00 bits per heavy atom. The van der Waals surface area contributed by atoms with Gasteiger partial charge in [0.05, 0.1) is 0 Å². The van der Waals surface area contributed by atoms with Gasteiger partial charge in [-0.3, -0.25) is 4.98 Å². The summed E-state index contributed by atoms with van der Waals surface area (Å²) in [5.74, 6) is -0.291. The van der Waals surface area contributed by atoms with Gasteiger partial charge in [0.15, 0.2) is 0 Å². The maximum atomic E-state index is 13.5. The molecule has 0 amide bonds. The Kier molecular flexibility index (Phi) is 3.45. The van der Waals surface area contributed by atoms with E-state index in [1.54, 1.807) is 30.6 Å². The van der Waals surface area contributed by atoms with Crippen LogP contribution in [0.15, 0.2) is 42.7 Å². The second-order valence-corrected chi connectivity index (χ2v) is 5.64. The highest BCUT2D eigenvalue weighted by Gasteiger charge is 2.15. The lowest BCUT2D eigenvalue weighted by atomic mass is 9.95. The number of pyridine rings is 1. The number of halogens is 1. The standard InChI is InChI=1S/C18H16FNO2/c1-10(2)18-16(21)5-12(6-17(18)22)15-9-20-8-11-3-4-13(19)7-14(11)15/h3-10,21-22H,1-2H3. The molecule has 112 valence electrons. The van der Waals surface area contributed by atoms with Gasteiger partial charge >= 0.3 is 0 Å². The third-order valence-electron chi connectivity index (χ3n) is 3.75. The van der Waals surface area contributed by atoms with Crippen LogP contribution in [-0.2, 0) is 0 Å². The van der Waals surface area contributed by atoms with Crippen molar-refractivity contribution in [3.63, 3.8) is 0 Å². The second kappa shape index (κ2) is 5.30. The number of rotatable bonds is 2. The molecule has 0 unspecified atom stereocenters. The molecule has 1 heterocycles. The molecule has 2 aromatic carbocycles. The highest BCUT2D eigenvalue weighted by molar-refractivity contribution is 5.96. The van der Waals surface area contributed by atoms with Gasteiger partial charge in [0.1, 0.15) is 17.3 Å². The fourth-order valence-corrected chi connectivity index (χ4v) is 2.74. The van der Waals surface area contributed by atoms with Crippen molar-refractivity contribution in [1.29, 1.82) is 0 Å². The topological polar surface area (TPSA) is 53.4 Å². The Hall–Kier alpha value is -2.62. The van der Waals surface area contributed by atoms with Crippen LogP contribution in [0.4, 0.5) is 4.39 Å². The first-order chi connectivity index (χ1) is 10.5. The van der Waals surface area contributed by atoms with Crippen molar-refractivity contribution >= 4 is 10.8 Å². The van der Waals surface area contributed by atoms with Gasteiger partial charge in [-0.05, 0) is 47.2 Å². The Morgan fingerprint density at radius 2 is 1.68 bits per heavy atom. The summed E-state index contributed by atoms with van der Waals surface area (Å²) in [6, 6.07) is 7.62. The van der Waals surface area contributed by atoms with E-state index in [1.807, 2.05) is 13.8 Å². The molecule has 0 aliphatic rings. The van der Waals surface area contributed by atoms with Crippen molar-refractivity contribution in [2.75, 3.05) is 0 Å². The van der Waals surface area contributed by atoms with Gasteiger partial charge in [0.25, 0.3) is 0 Å². The number of aromatic hydroxyl groups is 2. The van der Waals surface area contributed by atoms with Crippen molar-refractivity contribution in [1.82, 2.24) is 4.98 Å². The van der Waals surface area contributed by atoms with Crippen molar-refractivity contribution in [3.05, 3.63) is 54.1 Å². The number of hydrogen-bond acceptors (Lipinski definition) is 3. The zero-order chi connectivity index (χ0) is 15.9. The van der Waals surface area contributed by atoms with Gasteiger partial charge < -0.3 is 10.2 Å². The SMILES string of the molecule is CC(C)c1c(O)cc(-c2cncc3ccc(F)cc23)cc1O. The molecule has 3 nitrogen and oxygen atoms in total. The van der Waals surface area contributed by atoms with Crippen LogP contribution in [0.25, 0.3) is 21.9 Å². The predicted molar refractivity (Wildman–Crippen MR) is 84.6 cm³/mol. The summed E-state index contributed by atoms with van der Waals surface area (Å²) >= 11 is 0. The number of nitrogens with zero attached hydrogens (tertiary/aromatic N) is 1. The molecular formula is C18H16FNO2. The van der Waals surface area contributed by atoms with Crippen LogP contribution in [0.5, 0.6) is 11.5 Å². The van der Waals surface area contributed by atoms with E-state index in [4.69, 9.17) is 0 Å². The van der Waals surface area contributed by atoms with E-state index in [0.29, 0.717) is 22.1 Å². The molecule has 0 radical (unpaired) electrons. The monoisotopic (exact) mass is 297 g/mol. The van der Waals surface area contributed by atoms with Crippen molar-refractivity contribution < 1.29 is 14.6 Å². The molecule has 0 saturated carbocycles. The summed E-state index contributed by atoms with van der Waals surface area (Å²) in [5, 5.41) is 21.8. The van der Waals surface area contributed by atoms with Crippen molar-refractivity contribution in [2.45, 2.75) is 19.8 Å². The Balaban J connectivity index is 2.26. The van der Waals surface area contributed by atoms with Gasteiger partial charge in [-0.1, -0.05) is 13.8 Å². The van der Waals surface area contributed by atoms with E-state index < -0.39 is 0 Å². The van der Waals surface area contributed by atoms with E-state index in [9.17, 15) is 14.6 Å². The highest BCUT2D eigenvalue weighted by Crippen LogP contribution is 2.39. The van der Waals surface area contributed by atoms with Crippen molar-refractivity contribution in [3.8, 4) is 22.6 Å². The molecule has 0 saturated heterocycles. The predicted octanol–water partition coefficient (Wildman–Crippen LogP) is 4.58. The lowest BCUT2D eigenvalue weighted by molar-refractivity contribution is 0.434. The third-order valence-corrected chi connectivity index (χ3v) is 3.75. The molecule has 3 aromatic rings. The van der Waals surface area contributed by atoms with Gasteiger partial charge in [-0.2, -0.15) is 0 Å². The van der Waals surface area contributed by atoms with Crippen LogP contribution in [0.2, 0.25) is 0 Å². The summed E-state index contributed by atoms with van der Waals surface area (Å²) in [7, 11) is 0. The van der Waals surface area contributed by atoms with Crippen LogP contribution in [0, 0.1) is 5.82 Å². The van der Waals surface area contributed by atoms with Crippen LogP contribution in [0.3, 0.4) is 0 Å². The molecule has 1 aromatic heterocycles. The van der Waals surface area contributed by atoms with E-state index in [1.165, 1.54) is 12.1 Å². The fraction of sp³-hybridized carbons (Fsp3) is 0.167. The molecule has 2 N–H and O–H groups in total. The molecule has 0 spiro atoms. The van der Waals surface area contributed by atoms with Gasteiger partial charge in [-0.15, -0.1) is 0 Å². The number of fused-ring (bicyclic) bond motifs is 1. The second-order valence-electron chi connectivity index (χ2n) is 5.64. The molecule has 4 heteroatoms. The van der Waals surface area contributed by atoms with Gasteiger partial charge in [0, 0.05) is 28.9 Å². The minimum Gasteiger partial charge on any atom is -0.507 e. The molecule has 0 aliphatic heterocycles. The van der Waals surface area contributed by atoms with E-state index in [2.05, 4.69) is 4.98 Å². The highest BCUT2D eigenvalue weighted by atomic mass is 19.1. The lowest BCUT2D eigenvalue weighted by Gasteiger charge is -2.14. The maximum absolute atomic E-state index is 13.5. The zero-order valence-electron chi connectivity index (χ0n) is 12.3. The normalized spacial score (nSPS) is 11.3. The Morgan fingerprint density at radius 3 is 2.32 bits per heavy atom. The van der Waals surface area contributed by atoms with E-state index in [0.717, 1.165) is 5.39 Å². The van der Waals surface area contributed by atoms with E-state index >= 15 is 0 Å². The maximum Gasteiger partial charge on any atom is 0.123 e. The summed E-state index contributed by atoms with van der Waals surface area (Å²) < 4.78 is 13.5. The quantitative estimate of drug-likeness (QED) is 0.728. The molecule has 0 aliphatic carbocycles. The lowest BCUT2D eigenvalue weighted by Crippen LogP contribution is -1.91. The first-order valence-corrected chi connectivity index (χ1v) is 7.07. The number of aromatic nitrogens is 1. The zero-order valence-corrected chi connectivity index (χ0v) is 12.3. The van der Waals surface area contributed by atoms with Crippen LogP contribution < -0.4 is 0 Å². The number of benzene rings is 2. The number of hydrogen-bond donors (Lipinski definition) is 2. The van der Waals surface area contributed by atoms with Crippen LogP contribution in [-0.4, -0.2) is 15.2 Å². The van der Waals surface area contributed by atoms with Crippen LogP contribution >= 0.6 is 0 Å². The number of phenols is 2. The number of phenolic OH excluding ortho intramolecular Hbond substituents is 2. The molecule has 3 rings (SSSR count). The first-order valence-electron chi connectivity index (χ1n) is 7.07. The summed E-state index contributed by atoms with van der Waals surface area (Å²) in [6.07, 6.45) is 3.26. The Labute approximate surface area is 127 Å². The minimum absolute atomic E-state index is 0.00265. The molecule has 22 heavy (non-hydrogen) atoms. The average molecular weight is 297 g/mol.